The van der Waals surface area contributed by atoms with E-state index >= 15 is 0 Å². The number of halogens is 1. The minimum absolute atomic E-state index is 0.222. The van der Waals surface area contributed by atoms with Gasteiger partial charge in [0.2, 0.25) is 6.17 Å². The first kappa shape index (κ1) is 13.5. The third kappa shape index (κ3) is 3.32. The molecule has 0 saturated heterocycles. The number of hydrogen-bond donors (Lipinski definition) is 0. The molecule has 0 bridgehead atoms. The lowest BCUT2D eigenvalue weighted by Crippen LogP contribution is -2.10. The van der Waals surface area contributed by atoms with Crippen LogP contribution in [0.2, 0.25) is 0 Å². The van der Waals surface area contributed by atoms with Crippen molar-refractivity contribution >= 4 is 17.3 Å². The summed E-state index contributed by atoms with van der Waals surface area (Å²) in [5.41, 5.74) is 0.659. The number of carbonyl (C=O) groups excluding carboxylic acids is 1. The number of benzene rings is 1. The van der Waals surface area contributed by atoms with Crippen LogP contribution in [0.1, 0.15) is 16.6 Å². The summed E-state index contributed by atoms with van der Waals surface area (Å²) in [6.07, 6.45) is -1.75. The van der Waals surface area contributed by atoms with E-state index in [2.05, 4.69) is 4.74 Å². The molecule has 1 aromatic heterocycles. The number of ether oxygens (including phenoxy) is 2. The Morgan fingerprint density at radius 2 is 2.05 bits per heavy atom. The second-order valence-electron chi connectivity index (χ2n) is 3.80. The third-order valence-corrected chi connectivity index (χ3v) is 3.55. The lowest BCUT2D eigenvalue weighted by molar-refractivity contribution is -0.146. The summed E-state index contributed by atoms with van der Waals surface area (Å²) in [6, 6.07) is 11.0. The summed E-state index contributed by atoms with van der Waals surface area (Å²) in [6.45, 7) is 0.222. The van der Waals surface area contributed by atoms with E-state index in [1.54, 1.807) is 11.4 Å². The van der Waals surface area contributed by atoms with Gasteiger partial charge in [-0.05, 0) is 23.6 Å². The van der Waals surface area contributed by atoms with E-state index in [1.165, 1.54) is 18.4 Å². The van der Waals surface area contributed by atoms with Gasteiger partial charge in [-0.15, -0.1) is 11.3 Å². The van der Waals surface area contributed by atoms with Gasteiger partial charge in [-0.2, -0.15) is 0 Å². The van der Waals surface area contributed by atoms with Crippen LogP contribution in [0.15, 0.2) is 41.8 Å². The molecule has 1 atom stereocenters. The summed E-state index contributed by atoms with van der Waals surface area (Å²) < 4.78 is 23.8. The van der Waals surface area contributed by atoms with Crippen molar-refractivity contribution in [2.75, 3.05) is 7.11 Å². The highest BCUT2D eigenvalue weighted by Gasteiger charge is 2.24. The summed E-state index contributed by atoms with van der Waals surface area (Å²) in [5.74, 6) is -0.184. The van der Waals surface area contributed by atoms with Crippen molar-refractivity contribution in [1.82, 2.24) is 0 Å². The highest BCUT2D eigenvalue weighted by atomic mass is 32.1. The average molecular weight is 280 g/mol. The fraction of sp³-hybridized carbons (Fsp3) is 0.214. The van der Waals surface area contributed by atoms with Gasteiger partial charge in [0.15, 0.2) is 0 Å². The molecule has 3 nitrogen and oxygen atoms in total. The van der Waals surface area contributed by atoms with Crippen molar-refractivity contribution in [1.29, 1.82) is 0 Å². The van der Waals surface area contributed by atoms with E-state index in [1.807, 2.05) is 30.3 Å². The molecule has 0 fully saturated rings. The van der Waals surface area contributed by atoms with Gasteiger partial charge in [0.25, 0.3) is 0 Å². The van der Waals surface area contributed by atoms with Crippen LogP contribution in [0.25, 0.3) is 0 Å². The maximum absolute atomic E-state index is 13.8. The quantitative estimate of drug-likeness (QED) is 0.786. The Hall–Kier alpha value is -1.88. The summed E-state index contributed by atoms with van der Waals surface area (Å²) in [4.78, 5) is 11.5. The Bertz CT molecular complexity index is 539. The molecular formula is C14H13FO3S. The van der Waals surface area contributed by atoms with Gasteiger partial charge >= 0.3 is 5.97 Å². The molecule has 100 valence electrons. The van der Waals surface area contributed by atoms with Crippen LogP contribution in [-0.2, 0) is 16.1 Å². The summed E-state index contributed by atoms with van der Waals surface area (Å²) in [7, 11) is 1.17. The molecule has 0 aliphatic carbocycles. The Labute approximate surface area is 114 Å². The van der Waals surface area contributed by atoms with Crippen molar-refractivity contribution in [2.45, 2.75) is 12.8 Å². The standard InChI is InChI=1S/C14H13FO3S/c1-17-14(16)12(15)13-10(7-8-19-13)9-18-11-5-3-2-4-6-11/h2-8,12H,9H2,1H3. The van der Waals surface area contributed by atoms with E-state index in [4.69, 9.17) is 4.74 Å². The third-order valence-electron chi connectivity index (χ3n) is 2.56. The molecule has 0 saturated carbocycles. The van der Waals surface area contributed by atoms with Crippen molar-refractivity contribution in [3.8, 4) is 5.75 Å². The summed E-state index contributed by atoms with van der Waals surface area (Å²) in [5, 5.41) is 1.73. The Morgan fingerprint density at radius 1 is 1.32 bits per heavy atom. The van der Waals surface area contributed by atoms with Crippen LogP contribution in [0.4, 0.5) is 4.39 Å². The molecule has 2 aromatic rings. The van der Waals surface area contributed by atoms with Gasteiger partial charge < -0.3 is 9.47 Å². The molecule has 1 heterocycles. The minimum Gasteiger partial charge on any atom is -0.489 e. The van der Waals surface area contributed by atoms with E-state index in [0.717, 1.165) is 0 Å². The van der Waals surface area contributed by atoms with Crippen LogP contribution < -0.4 is 4.74 Å². The molecule has 0 aliphatic rings. The predicted octanol–water partition coefficient (Wildman–Crippen LogP) is 3.51. The number of esters is 1. The van der Waals surface area contributed by atoms with E-state index in [9.17, 15) is 9.18 Å². The lowest BCUT2D eigenvalue weighted by Gasteiger charge is -2.09. The van der Waals surface area contributed by atoms with E-state index < -0.39 is 12.1 Å². The fourth-order valence-electron chi connectivity index (χ4n) is 1.58. The topological polar surface area (TPSA) is 35.5 Å². The number of rotatable bonds is 5. The number of carbonyl (C=O) groups is 1. The first-order valence-electron chi connectivity index (χ1n) is 5.68. The molecule has 0 N–H and O–H groups in total. The van der Waals surface area contributed by atoms with Gasteiger partial charge in [-0.3, -0.25) is 0 Å². The monoisotopic (exact) mass is 280 g/mol. The van der Waals surface area contributed by atoms with Gasteiger partial charge in [-0.1, -0.05) is 18.2 Å². The van der Waals surface area contributed by atoms with Crippen LogP contribution >= 0.6 is 11.3 Å². The molecule has 0 amide bonds. The predicted molar refractivity (Wildman–Crippen MR) is 71.0 cm³/mol. The minimum atomic E-state index is -1.75. The van der Waals surface area contributed by atoms with Gasteiger partial charge in [0, 0.05) is 5.56 Å². The first-order valence-corrected chi connectivity index (χ1v) is 6.56. The molecule has 0 radical (unpaired) electrons. The van der Waals surface area contributed by atoms with Crippen LogP contribution in [0.5, 0.6) is 5.75 Å². The number of methoxy groups -OCH3 is 1. The molecular weight excluding hydrogens is 267 g/mol. The number of thiophene rings is 1. The number of para-hydroxylation sites is 1. The van der Waals surface area contributed by atoms with E-state index in [-0.39, 0.29) is 6.61 Å². The van der Waals surface area contributed by atoms with Crippen molar-refractivity contribution < 1.29 is 18.7 Å². The molecule has 1 unspecified atom stereocenters. The molecule has 2 rings (SSSR count). The normalized spacial score (nSPS) is 11.9. The Kier molecular flexibility index (Phi) is 4.52. The molecule has 1 aromatic carbocycles. The van der Waals surface area contributed by atoms with Crippen molar-refractivity contribution in [2.24, 2.45) is 0 Å². The van der Waals surface area contributed by atoms with Gasteiger partial charge in [0.1, 0.15) is 12.4 Å². The van der Waals surface area contributed by atoms with Crippen molar-refractivity contribution in [3.05, 3.63) is 52.2 Å². The largest absolute Gasteiger partial charge is 0.489 e. The SMILES string of the molecule is COC(=O)C(F)c1sccc1COc1ccccc1. The zero-order valence-electron chi connectivity index (χ0n) is 10.3. The van der Waals surface area contributed by atoms with Gasteiger partial charge in [0.05, 0.1) is 12.0 Å². The zero-order chi connectivity index (χ0) is 13.7. The first-order chi connectivity index (χ1) is 9.22. The second-order valence-corrected chi connectivity index (χ2v) is 4.75. The fourth-order valence-corrected chi connectivity index (χ4v) is 2.45. The molecule has 5 heteroatoms. The highest BCUT2D eigenvalue weighted by molar-refractivity contribution is 7.10. The Balaban J connectivity index is 2.06. The van der Waals surface area contributed by atoms with Crippen molar-refractivity contribution in [3.63, 3.8) is 0 Å². The maximum atomic E-state index is 13.8. The van der Waals surface area contributed by atoms with Crippen LogP contribution in [0, 0.1) is 0 Å². The van der Waals surface area contributed by atoms with Crippen LogP contribution in [-0.4, -0.2) is 13.1 Å². The number of hydrogen-bond acceptors (Lipinski definition) is 4. The Morgan fingerprint density at radius 3 is 2.74 bits per heavy atom. The molecule has 0 aliphatic heterocycles. The second kappa shape index (κ2) is 6.33. The highest BCUT2D eigenvalue weighted by Crippen LogP contribution is 2.29. The van der Waals surface area contributed by atoms with E-state index in [0.29, 0.717) is 16.2 Å². The maximum Gasteiger partial charge on any atom is 0.346 e. The zero-order valence-corrected chi connectivity index (χ0v) is 11.2. The number of alkyl halides is 1. The molecule has 0 spiro atoms. The van der Waals surface area contributed by atoms with Crippen LogP contribution in [0.3, 0.4) is 0 Å². The average Bonchev–Trinajstić information content (AvgIpc) is 2.93. The smallest absolute Gasteiger partial charge is 0.346 e. The molecule has 19 heavy (non-hydrogen) atoms. The summed E-state index contributed by atoms with van der Waals surface area (Å²) >= 11 is 1.18. The van der Waals surface area contributed by atoms with Gasteiger partial charge in [-0.25, -0.2) is 9.18 Å². The lowest BCUT2D eigenvalue weighted by atomic mass is 10.2.